The molecule has 134 valence electrons. The average Bonchev–Trinajstić information content (AvgIpc) is 3.33. The molecule has 0 aliphatic carbocycles. The van der Waals surface area contributed by atoms with Crippen LogP contribution in [0.5, 0.6) is 0 Å². The van der Waals surface area contributed by atoms with Crippen molar-refractivity contribution in [3.63, 3.8) is 0 Å². The number of methoxy groups -OCH3 is 1. The number of nitrogens with zero attached hydrogens (tertiary/aromatic N) is 2. The fourth-order valence-corrected chi connectivity index (χ4v) is 3.78. The molecule has 1 saturated heterocycles. The number of rotatable bonds is 4. The van der Waals surface area contributed by atoms with Crippen molar-refractivity contribution in [3.8, 4) is 11.5 Å². The second-order valence-electron chi connectivity index (χ2n) is 6.42. The van der Waals surface area contributed by atoms with Crippen LogP contribution in [0, 0.1) is 0 Å². The molecular weight excluding hydrogens is 352 g/mol. The number of halogens is 1. The first-order valence-corrected chi connectivity index (χ1v) is 9.00. The topological polar surface area (TPSA) is 55.6 Å². The van der Waals surface area contributed by atoms with Crippen LogP contribution >= 0.6 is 11.6 Å². The lowest BCUT2D eigenvalue weighted by Gasteiger charge is -2.25. The van der Waals surface area contributed by atoms with Gasteiger partial charge in [0, 0.05) is 19.0 Å². The van der Waals surface area contributed by atoms with Gasteiger partial charge in [-0.2, -0.15) is 0 Å². The third-order valence-corrected chi connectivity index (χ3v) is 5.10. The number of amides is 1. The summed E-state index contributed by atoms with van der Waals surface area (Å²) in [6, 6.07) is 11.0. The van der Waals surface area contributed by atoms with Gasteiger partial charge in [-0.3, -0.25) is 4.79 Å². The number of pyridine rings is 1. The number of benzene rings is 1. The van der Waals surface area contributed by atoms with Gasteiger partial charge in [0.2, 0.25) is 0 Å². The number of hydrogen-bond acceptors (Lipinski definition) is 4. The van der Waals surface area contributed by atoms with Gasteiger partial charge in [-0.15, -0.1) is 0 Å². The maximum absolute atomic E-state index is 13.3. The number of furan rings is 1. The SMILES string of the molecule is COCC1CCCN1C(=O)c1cc(-c2ccco2)nc2c(Cl)cccc12. The molecule has 0 saturated carbocycles. The fraction of sp³-hybridized carbons (Fsp3) is 0.300. The summed E-state index contributed by atoms with van der Waals surface area (Å²) in [6.45, 7) is 1.27. The Morgan fingerprint density at radius 2 is 2.27 bits per heavy atom. The smallest absolute Gasteiger partial charge is 0.254 e. The summed E-state index contributed by atoms with van der Waals surface area (Å²) in [6.07, 6.45) is 3.52. The number of fused-ring (bicyclic) bond motifs is 1. The molecule has 1 fully saturated rings. The molecule has 3 heterocycles. The average molecular weight is 371 g/mol. The van der Waals surface area contributed by atoms with Crippen LogP contribution in [-0.2, 0) is 4.74 Å². The van der Waals surface area contributed by atoms with Crippen molar-refractivity contribution in [1.82, 2.24) is 9.88 Å². The van der Waals surface area contributed by atoms with E-state index in [1.54, 1.807) is 31.6 Å². The van der Waals surface area contributed by atoms with E-state index in [4.69, 9.17) is 20.8 Å². The molecule has 4 rings (SSSR count). The van der Waals surface area contributed by atoms with Gasteiger partial charge in [0.05, 0.1) is 35.0 Å². The van der Waals surface area contributed by atoms with Gasteiger partial charge in [-0.05, 0) is 37.1 Å². The Hall–Kier alpha value is -2.37. The minimum absolute atomic E-state index is 0.0213. The molecule has 0 spiro atoms. The summed E-state index contributed by atoms with van der Waals surface area (Å²) >= 11 is 6.37. The first-order valence-electron chi connectivity index (χ1n) is 8.62. The summed E-state index contributed by atoms with van der Waals surface area (Å²) < 4.78 is 10.8. The Balaban J connectivity index is 1.85. The van der Waals surface area contributed by atoms with E-state index in [0.29, 0.717) is 34.2 Å². The lowest BCUT2D eigenvalue weighted by atomic mass is 10.0. The molecule has 3 aromatic rings. The summed E-state index contributed by atoms with van der Waals surface area (Å²) in [5, 5.41) is 1.26. The highest BCUT2D eigenvalue weighted by molar-refractivity contribution is 6.35. The lowest BCUT2D eigenvalue weighted by Crippen LogP contribution is -2.38. The Morgan fingerprint density at radius 3 is 3.04 bits per heavy atom. The van der Waals surface area contributed by atoms with Crippen LogP contribution in [0.25, 0.3) is 22.4 Å². The van der Waals surface area contributed by atoms with E-state index in [0.717, 1.165) is 24.8 Å². The zero-order valence-electron chi connectivity index (χ0n) is 14.4. The van der Waals surface area contributed by atoms with E-state index in [9.17, 15) is 4.79 Å². The lowest BCUT2D eigenvalue weighted by molar-refractivity contribution is 0.0632. The number of para-hydroxylation sites is 1. The van der Waals surface area contributed by atoms with Crippen LogP contribution in [0.15, 0.2) is 47.1 Å². The number of aromatic nitrogens is 1. The molecule has 1 aliphatic rings. The molecule has 2 aromatic heterocycles. The zero-order chi connectivity index (χ0) is 18.1. The number of carbonyl (C=O) groups excluding carboxylic acids is 1. The molecular formula is C20H19ClN2O3. The summed E-state index contributed by atoms with van der Waals surface area (Å²) in [4.78, 5) is 19.9. The Kier molecular flexibility index (Phi) is 4.66. The van der Waals surface area contributed by atoms with Crippen LogP contribution in [0.4, 0.5) is 0 Å². The number of ether oxygens (including phenoxy) is 1. The van der Waals surface area contributed by atoms with Gasteiger partial charge < -0.3 is 14.1 Å². The Bertz CT molecular complexity index is 940. The van der Waals surface area contributed by atoms with Crippen molar-refractivity contribution in [3.05, 3.63) is 53.2 Å². The highest BCUT2D eigenvalue weighted by atomic mass is 35.5. The van der Waals surface area contributed by atoms with Gasteiger partial charge in [0.25, 0.3) is 5.91 Å². The van der Waals surface area contributed by atoms with E-state index >= 15 is 0 Å². The quantitative estimate of drug-likeness (QED) is 0.683. The summed E-state index contributed by atoms with van der Waals surface area (Å²) in [5.41, 5.74) is 1.79. The standard InChI is InChI=1S/C20H19ClN2O3/c1-25-12-13-5-3-9-23(13)20(24)15-11-17(18-8-4-10-26-18)22-19-14(15)6-2-7-16(19)21/h2,4,6-8,10-11,13H,3,5,9,12H2,1H3. The second-order valence-corrected chi connectivity index (χ2v) is 6.83. The van der Waals surface area contributed by atoms with Crippen molar-refractivity contribution < 1.29 is 13.9 Å². The van der Waals surface area contributed by atoms with Crippen molar-refractivity contribution >= 4 is 28.4 Å². The second kappa shape index (κ2) is 7.09. The predicted molar refractivity (Wildman–Crippen MR) is 100 cm³/mol. The van der Waals surface area contributed by atoms with Crippen molar-refractivity contribution in [1.29, 1.82) is 0 Å². The normalized spacial score (nSPS) is 17.2. The molecule has 26 heavy (non-hydrogen) atoms. The first-order chi connectivity index (χ1) is 12.7. The third kappa shape index (κ3) is 2.97. The van der Waals surface area contributed by atoms with Gasteiger partial charge in [-0.1, -0.05) is 23.7 Å². The molecule has 0 N–H and O–H groups in total. The maximum Gasteiger partial charge on any atom is 0.254 e. The van der Waals surface area contributed by atoms with E-state index < -0.39 is 0 Å². The monoisotopic (exact) mass is 370 g/mol. The highest BCUT2D eigenvalue weighted by Gasteiger charge is 2.30. The van der Waals surface area contributed by atoms with Crippen molar-refractivity contribution in [2.75, 3.05) is 20.3 Å². The van der Waals surface area contributed by atoms with Crippen LogP contribution in [0.3, 0.4) is 0 Å². The largest absolute Gasteiger partial charge is 0.463 e. The molecule has 1 amide bonds. The van der Waals surface area contributed by atoms with Gasteiger partial charge in [0.1, 0.15) is 5.69 Å². The molecule has 0 bridgehead atoms. The maximum atomic E-state index is 13.3. The van der Waals surface area contributed by atoms with Crippen molar-refractivity contribution in [2.24, 2.45) is 0 Å². The van der Waals surface area contributed by atoms with Crippen LogP contribution < -0.4 is 0 Å². The summed E-state index contributed by atoms with van der Waals surface area (Å²) in [5.74, 6) is 0.586. The fourth-order valence-electron chi connectivity index (χ4n) is 3.56. The van der Waals surface area contributed by atoms with E-state index in [2.05, 4.69) is 4.98 Å². The van der Waals surface area contributed by atoms with E-state index in [1.807, 2.05) is 23.1 Å². The first kappa shape index (κ1) is 17.1. The number of likely N-dealkylation sites (tertiary alicyclic amines) is 1. The van der Waals surface area contributed by atoms with E-state index in [1.165, 1.54) is 0 Å². The van der Waals surface area contributed by atoms with Gasteiger partial charge in [-0.25, -0.2) is 4.98 Å². The molecule has 1 atom stereocenters. The minimum Gasteiger partial charge on any atom is -0.463 e. The van der Waals surface area contributed by atoms with Crippen LogP contribution in [0.1, 0.15) is 23.2 Å². The molecule has 1 unspecified atom stereocenters. The Labute approximate surface area is 156 Å². The van der Waals surface area contributed by atoms with Gasteiger partial charge in [0.15, 0.2) is 5.76 Å². The molecule has 0 radical (unpaired) electrons. The molecule has 1 aromatic carbocycles. The highest BCUT2D eigenvalue weighted by Crippen LogP contribution is 2.31. The summed E-state index contributed by atoms with van der Waals surface area (Å²) in [7, 11) is 1.66. The van der Waals surface area contributed by atoms with E-state index in [-0.39, 0.29) is 11.9 Å². The van der Waals surface area contributed by atoms with Crippen LogP contribution in [-0.4, -0.2) is 42.1 Å². The molecule has 1 aliphatic heterocycles. The predicted octanol–water partition coefficient (Wildman–Crippen LogP) is 4.40. The number of hydrogen-bond donors (Lipinski definition) is 0. The molecule has 6 heteroatoms. The minimum atomic E-state index is -0.0213. The van der Waals surface area contributed by atoms with Crippen LogP contribution in [0.2, 0.25) is 5.02 Å². The zero-order valence-corrected chi connectivity index (χ0v) is 15.2. The third-order valence-electron chi connectivity index (χ3n) is 4.79. The van der Waals surface area contributed by atoms with Crippen molar-refractivity contribution in [2.45, 2.75) is 18.9 Å². The number of carbonyl (C=O) groups is 1. The molecule has 5 nitrogen and oxygen atoms in total. The van der Waals surface area contributed by atoms with Gasteiger partial charge >= 0.3 is 0 Å². The Morgan fingerprint density at radius 1 is 1.38 bits per heavy atom.